The predicted octanol–water partition coefficient (Wildman–Crippen LogP) is 2.18. The van der Waals surface area contributed by atoms with Crippen molar-refractivity contribution in [1.29, 1.82) is 0 Å². The largest absolute Gasteiger partial charge is 0.314 e. The Balaban J connectivity index is 1.83. The highest BCUT2D eigenvalue weighted by atomic mass is 15.2. The Kier molecular flexibility index (Phi) is 5.27. The number of hydrogen-bond donors (Lipinski definition) is 1. The summed E-state index contributed by atoms with van der Waals surface area (Å²) in [5.41, 5.74) is 0.547. The standard InChI is InChI=1S/C16H33N3/c1-5-17-15-6-9-19(14(2)12-15)13-16(3)7-10-18(4)11-8-16/h14-15,17H,5-13H2,1-4H3. The van der Waals surface area contributed by atoms with Gasteiger partial charge in [0.1, 0.15) is 0 Å². The van der Waals surface area contributed by atoms with Crippen LogP contribution in [0.3, 0.4) is 0 Å². The van der Waals surface area contributed by atoms with Crippen LogP contribution in [0.1, 0.15) is 46.5 Å². The fourth-order valence-corrected chi connectivity index (χ4v) is 3.74. The Morgan fingerprint density at radius 3 is 2.47 bits per heavy atom. The SMILES string of the molecule is CCNC1CCN(CC2(C)CCN(C)CC2)C(C)C1. The van der Waals surface area contributed by atoms with Crippen LogP contribution in [-0.2, 0) is 0 Å². The van der Waals surface area contributed by atoms with Crippen molar-refractivity contribution in [2.75, 3.05) is 39.8 Å². The van der Waals surface area contributed by atoms with E-state index in [0.717, 1.165) is 18.6 Å². The van der Waals surface area contributed by atoms with E-state index >= 15 is 0 Å². The van der Waals surface area contributed by atoms with Gasteiger partial charge in [-0.15, -0.1) is 0 Å². The lowest BCUT2D eigenvalue weighted by Gasteiger charge is -2.45. The highest BCUT2D eigenvalue weighted by molar-refractivity contribution is 4.89. The van der Waals surface area contributed by atoms with Gasteiger partial charge in [-0.2, -0.15) is 0 Å². The maximum atomic E-state index is 3.62. The van der Waals surface area contributed by atoms with E-state index < -0.39 is 0 Å². The zero-order valence-electron chi connectivity index (χ0n) is 13.4. The summed E-state index contributed by atoms with van der Waals surface area (Å²) in [7, 11) is 2.25. The molecule has 0 aliphatic carbocycles. The minimum atomic E-state index is 0.547. The number of likely N-dealkylation sites (tertiary alicyclic amines) is 2. The second-order valence-corrected chi connectivity index (χ2v) is 7.21. The van der Waals surface area contributed by atoms with Crippen LogP contribution in [0.15, 0.2) is 0 Å². The van der Waals surface area contributed by atoms with Gasteiger partial charge in [-0.05, 0) is 71.2 Å². The fraction of sp³-hybridized carbons (Fsp3) is 1.00. The summed E-state index contributed by atoms with van der Waals surface area (Å²) in [5, 5.41) is 3.62. The molecule has 2 heterocycles. The van der Waals surface area contributed by atoms with Gasteiger partial charge in [0, 0.05) is 18.6 Å². The van der Waals surface area contributed by atoms with Gasteiger partial charge in [0.25, 0.3) is 0 Å². The second kappa shape index (κ2) is 6.55. The predicted molar refractivity (Wildman–Crippen MR) is 82.6 cm³/mol. The van der Waals surface area contributed by atoms with Gasteiger partial charge in [-0.1, -0.05) is 13.8 Å². The summed E-state index contributed by atoms with van der Waals surface area (Å²) in [6.07, 6.45) is 5.38. The van der Waals surface area contributed by atoms with Crippen molar-refractivity contribution in [3.05, 3.63) is 0 Å². The first-order chi connectivity index (χ1) is 9.02. The van der Waals surface area contributed by atoms with E-state index in [4.69, 9.17) is 0 Å². The fourth-order valence-electron chi connectivity index (χ4n) is 3.74. The topological polar surface area (TPSA) is 18.5 Å². The maximum Gasteiger partial charge on any atom is 0.00939 e. The van der Waals surface area contributed by atoms with E-state index in [-0.39, 0.29) is 0 Å². The van der Waals surface area contributed by atoms with Crippen LogP contribution in [0.4, 0.5) is 0 Å². The third-order valence-electron chi connectivity index (χ3n) is 5.29. The number of piperidine rings is 2. The number of hydrogen-bond acceptors (Lipinski definition) is 3. The van der Waals surface area contributed by atoms with E-state index in [2.05, 4.69) is 42.9 Å². The van der Waals surface area contributed by atoms with Gasteiger partial charge in [-0.25, -0.2) is 0 Å². The van der Waals surface area contributed by atoms with Crippen LogP contribution < -0.4 is 5.32 Å². The quantitative estimate of drug-likeness (QED) is 0.842. The summed E-state index contributed by atoms with van der Waals surface area (Å²) in [6.45, 7) is 13.4. The summed E-state index contributed by atoms with van der Waals surface area (Å²) < 4.78 is 0. The van der Waals surface area contributed by atoms with Crippen LogP contribution in [-0.4, -0.2) is 61.7 Å². The number of nitrogens with one attached hydrogen (secondary N) is 1. The molecule has 2 fully saturated rings. The van der Waals surface area contributed by atoms with Crippen molar-refractivity contribution in [2.45, 2.75) is 58.5 Å². The molecule has 0 amide bonds. The monoisotopic (exact) mass is 267 g/mol. The van der Waals surface area contributed by atoms with Crippen molar-refractivity contribution >= 4 is 0 Å². The molecule has 2 unspecified atom stereocenters. The lowest BCUT2D eigenvalue weighted by Crippen LogP contribution is -2.52. The summed E-state index contributed by atoms with van der Waals surface area (Å²) in [6, 6.07) is 1.50. The molecule has 1 N–H and O–H groups in total. The van der Waals surface area contributed by atoms with Gasteiger partial charge in [0.2, 0.25) is 0 Å². The Bertz CT molecular complexity index is 271. The highest BCUT2D eigenvalue weighted by Gasteiger charge is 2.34. The van der Waals surface area contributed by atoms with Gasteiger partial charge in [0.05, 0.1) is 0 Å². The van der Waals surface area contributed by atoms with Crippen molar-refractivity contribution in [2.24, 2.45) is 5.41 Å². The smallest absolute Gasteiger partial charge is 0.00939 e. The Morgan fingerprint density at radius 2 is 1.89 bits per heavy atom. The molecular formula is C16H33N3. The minimum Gasteiger partial charge on any atom is -0.314 e. The first-order valence-electron chi connectivity index (χ1n) is 8.18. The van der Waals surface area contributed by atoms with E-state index in [1.165, 1.54) is 51.9 Å². The first kappa shape index (κ1) is 15.3. The van der Waals surface area contributed by atoms with Crippen LogP contribution in [0.5, 0.6) is 0 Å². The first-order valence-corrected chi connectivity index (χ1v) is 8.18. The molecule has 0 aromatic carbocycles. The molecule has 2 rings (SSSR count). The molecule has 0 aromatic rings. The van der Waals surface area contributed by atoms with E-state index in [1.54, 1.807) is 0 Å². The minimum absolute atomic E-state index is 0.547. The lowest BCUT2D eigenvalue weighted by atomic mass is 9.79. The molecule has 0 saturated carbocycles. The molecule has 0 bridgehead atoms. The molecule has 0 radical (unpaired) electrons. The van der Waals surface area contributed by atoms with Crippen LogP contribution in [0.2, 0.25) is 0 Å². The van der Waals surface area contributed by atoms with E-state index in [0.29, 0.717) is 5.41 Å². The molecule has 112 valence electrons. The third kappa shape index (κ3) is 4.17. The molecule has 0 spiro atoms. The van der Waals surface area contributed by atoms with Crippen molar-refractivity contribution in [3.63, 3.8) is 0 Å². The Labute approximate surface area is 119 Å². The molecule has 2 atom stereocenters. The van der Waals surface area contributed by atoms with Gasteiger partial charge < -0.3 is 15.1 Å². The normalized spacial score (nSPS) is 33.5. The average molecular weight is 267 g/mol. The summed E-state index contributed by atoms with van der Waals surface area (Å²) in [5.74, 6) is 0. The Morgan fingerprint density at radius 1 is 1.21 bits per heavy atom. The van der Waals surface area contributed by atoms with Crippen molar-refractivity contribution in [1.82, 2.24) is 15.1 Å². The van der Waals surface area contributed by atoms with Crippen molar-refractivity contribution in [3.8, 4) is 0 Å². The molecule has 2 aliphatic rings. The number of rotatable bonds is 4. The molecule has 2 saturated heterocycles. The highest BCUT2D eigenvalue weighted by Crippen LogP contribution is 2.33. The second-order valence-electron chi connectivity index (χ2n) is 7.21. The molecule has 3 heteroatoms. The zero-order chi connectivity index (χ0) is 13.9. The Hall–Kier alpha value is -0.120. The lowest BCUT2D eigenvalue weighted by molar-refractivity contribution is 0.0463. The number of nitrogens with zero attached hydrogens (tertiary/aromatic N) is 2. The van der Waals surface area contributed by atoms with E-state index in [9.17, 15) is 0 Å². The average Bonchev–Trinajstić information content (AvgIpc) is 2.37. The van der Waals surface area contributed by atoms with Gasteiger partial charge in [-0.3, -0.25) is 0 Å². The van der Waals surface area contributed by atoms with Crippen LogP contribution in [0.25, 0.3) is 0 Å². The summed E-state index contributed by atoms with van der Waals surface area (Å²) in [4.78, 5) is 5.22. The van der Waals surface area contributed by atoms with Gasteiger partial charge in [0.15, 0.2) is 0 Å². The third-order valence-corrected chi connectivity index (χ3v) is 5.29. The van der Waals surface area contributed by atoms with Crippen molar-refractivity contribution < 1.29 is 0 Å². The molecule has 2 aliphatic heterocycles. The van der Waals surface area contributed by atoms with Crippen LogP contribution >= 0.6 is 0 Å². The zero-order valence-corrected chi connectivity index (χ0v) is 13.4. The molecule has 0 aromatic heterocycles. The molecule has 19 heavy (non-hydrogen) atoms. The molecular weight excluding hydrogens is 234 g/mol. The van der Waals surface area contributed by atoms with Gasteiger partial charge >= 0.3 is 0 Å². The summed E-state index contributed by atoms with van der Waals surface area (Å²) >= 11 is 0. The van der Waals surface area contributed by atoms with Crippen LogP contribution in [0, 0.1) is 5.41 Å². The van der Waals surface area contributed by atoms with E-state index in [1.807, 2.05) is 0 Å². The molecule has 3 nitrogen and oxygen atoms in total. The maximum absolute atomic E-state index is 3.62.